The Balaban J connectivity index is 2.76. The average molecular weight is 220 g/mol. The predicted molar refractivity (Wildman–Crippen MR) is 56.4 cm³/mol. The fourth-order valence-electron chi connectivity index (χ4n) is 1.31. The molecular weight excluding hydrogens is 212 g/mol. The fraction of sp³-hybridized carbons (Fsp3) is 0. The third-order valence-electron chi connectivity index (χ3n) is 2.04. The molecule has 6 nitrogen and oxygen atoms in total. The second kappa shape index (κ2) is 3.58. The van der Waals surface area contributed by atoms with E-state index in [9.17, 15) is 19.8 Å². The van der Waals surface area contributed by atoms with Gasteiger partial charge in [0.2, 0.25) is 11.1 Å². The zero-order valence-electron chi connectivity index (χ0n) is 8.02. The number of hydrogen-bond acceptors (Lipinski definition) is 4. The van der Waals surface area contributed by atoms with Crippen LogP contribution in [0.25, 0.3) is 11.4 Å². The lowest BCUT2D eigenvalue weighted by atomic mass is 10.2. The number of aromatic hydroxyl groups is 2. The molecule has 0 atom stereocenters. The summed E-state index contributed by atoms with van der Waals surface area (Å²) >= 11 is 0. The van der Waals surface area contributed by atoms with Crippen LogP contribution in [-0.4, -0.2) is 20.2 Å². The highest BCUT2D eigenvalue weighted by Gasteiger charge is 2.10. The number of hydrogen-bond donors (Lipinski definition) is 4. The van der Waals surface area contributed by atoms with E-state index in [1.165, 1.54) is 12.1 Å². The van der Waals surface area contributed by atoms with Gasteiger partial charge in [-0.1, -0.05) is 0 Å². The van der Waals surface area contributed by atoms with E-state index in [0.717, 1.165) is 12.1 Å². The Morgan fingerprint density at radius 3 is 1.50 bits per heavy atom. The van der Waals surface area contributed by atoms with Crippen molar-refractivity contribution in [3.05, 3.63) is 45.0 Å². The smallest absolute Gasteiger partial charge is 0.248 e. The topological polar surface area (TPSA) is 106 Å². The van der Waals surface area contributed by atoms with E-state index < -0.39 is 11.1 Å². The molecule has 0 spiro atoms. The maximum atomic E-state index is 11.1. The number of pyridine rings is 2. The number of nitrogens with one attached hydrogen (secondary N) is 2. The van der Waals surface area contributed by atoms with Gasteiger partial charge in [0.05, 0.1) is 0 Å². The van der Waals surface area contributed by atoms with Gasteiger partial charge in [-0.2, -0.15) is 0 Å². The van der Waals surface area contributed by atoms with Crippen LogP contribution in [0.1, 0.15) is 0 Å². The molecule has 0 saturated carbocycles. The zero-order chi connectivity index (χ0) is 11.7. The Kier molecular flexibility index (Phi) is 2.24. The minimum atomic E-state index is -0.447. The van der Waals surface area contributed by atoms with Crippen LogP contribution in [0.15, 0.2) is 33.9 Å². The summed E-state index contributed by atoms with van der Waals surface area (Å²) in [6.07, 6.45) is 0. The normalized spacial score (nSPS) is 10.2. The number of aromatic nitrogens is 2. The molecule has 0 saturated heterocycles. The maximum Gasteiger partial charge on any atom is 0.248 e. The molecular formula is C10H8N2O4. The molecule has 2 aromatic rings. The van der Waals surface area contributed by atoms with Crippen molar-refractivity contribution >= 4 is 0 Å². The van der Waals surface area contributed by atoms with E-state index in [0.29, 0.717) is 0 Å². The van der Waals surface area contributed by atoms with Crippen LogP contribution in [0.3, 0.4) is 0 Å². The van der Waals surface area contributed by atoms with Crippen LogP contribution in [-0.2, 0) is 0 Å². The van der Waals surface area contributed by atoms with Crippen molar-refractivity contribution in [1.82, 2.24) is 9.97 Å². The van der Waals surface area contributed by atoms with Crippen LogP contribution in [0.4, 0.5) is 0 Å². The summed E-state index contributed by atoms with van der Waals surface area (Å²) in [7, 11) is 0. The Morgan fingerprint density at radius 2 is 1.12 bits per heavy atom. The van der Waals surface area contributed by atoms with Crippen LogP contribution in [0.5, 0.6) is 11.5 Å². The number of H-pyrrole nitrogens is 2. The molecule has 0 aliphatic rings. The van der Waals surface area contributed by atoms with Crippen LogP contribution in [0, 0.1) is 0 Å². The van der Waals surface area contributed by atoms with E-state index in [1.807, 2.05) is 0 Å². The lowest BCUT2D eigenvalue weighted by Gasteiger charge is -2.05. The molecule has 2 heterocycles. The van der Waals surface area contributed by atoms with Gasteiger partial charge in [0, 0.05) is 12.1 Å². The van der Waals surface area contributed by atoms with Crippen molar-refractivity contribution < 1.29 is 10.2 Å². The quantitative estimate of drug-likeness (QED) is 0.548. The van der Waals surface area contributed by atoms with Crippen molar-refractivity contribution in [2.45, 2.75) is 0 Å². The molecule has 4 N–H and O–H groups in total. The molecule has 0 radical (unpaired) electrons. The first-order valence-electron chi connectivity index (χ1n) is 4.43. The van der Waals surface area contributed by atoms with Gasteiger partial charge in [-0.15, -0.1) is 0 Å². The molecule has 0 fully saturated rings. The Labute approximate surface area is 88.8 Å². The second-order valence-corrected chi connectivity index (χ2v) is 3.17. The number of rotatable bonds is 1. The zero-order valence-corrected chi connectivity index (χ0v) is 8.02. The molecule has 2 rings (SSSR count). The summed E-state index contributed by atoms with van der Waals surface area (Å²) in [5.41, 5.74) is -0.945. The summed E-state index contributed by atoms with van der Waals surface area (Å²) in [5, 5.41) is 19.0. The van der Waals surface area contributed by atoms with Gasteiger partial charge in [-0.25, -0.2) is 0 Å². The second-order valence-electron chi connectivity index (χ2n) is 3.17. The molecule has 0 aliphatic heterocycles. The molecule has 82 valence electrons. The third kappa shape index (κ3) is 1.68. The van der Waals surface area contributed by atoms with E-state index in [-0.39, 0.29) is 22.9 Å². The highest BCUT2D eigenvalue weighted by molar-refractivity contribution is 5.67. The lowest BCUT2D eigenvalue weighted by molar-refractivity contribution is 0.465. The highest BCUT2D eigenvalue weighted by atomic mass is 16.3. The molecule has 0 aliphatic carbocycles. The van der Waals surface area contributed by atoms with Crippen molar-refractivity contribution in [3.63, 3.8) is 0 Å². The Morgan fingerprint density at radius 1 is 0.750 bits per heavy atom. The van der Waals surface area contributed by atoms with Gasteiger partial charge in [0.25, 0.3) is 0 Å². The fourth-order valence-corrected chi connectivity index (χ4v) is 1.31. The summed E-state index contributed by atoms with van der Waals surface area (Å²) in [6, 6.07) is 4.63. The number of aromatic amines is 2. The highest BCUT2D eigenvalue weighted by Crippen LogP contribution is 2.28. The van der Waals surface area contributed by atoms with Crippen LogP contribution < -0.4 is 11.1 Å². The Hall–Kier alpha value is -2.50. The minimum Gasteiger partial charge on any atom is -0.506 e. The predicted octanol–water partition coefficient (Wildman–Crippen LogP) is 0.141. The van der Waals surface area contributed by atoms with Crippen LogP contribution >= 0.6 is 0 Å². The molecule has 2 aromatic heterocycles. The van der Waals surface area contributed by atoms with Crippen molar-refractivity contribution in [1.29, 1.82) is 0 Å². The third-order valence-corrected chi connectivity index (χ3v) is 2.04. The first-order chi connectivity index (χ1) is 7.58. The Bertz CT molecular complexity index is 584. The van der Waals surface area contributed by atoms with Crippen molar-refractivity contribution in [3.8, 4) is 22.9 Å². The first-order valence-corrected chi connectivity index (χ1v) is 4.43. The van der Waals surface area contributed by atoms with Gasteiger partial charge < -0.3 is 20.2 Å². The largest absolute Gasteiger partial charge is 0.506 e. The lowest BCUT2D eigenvalue weighted by Crippen LogP contribution is -2.09. The molecule has 16 heavy (non-hydrogen) atoms. The van der Waals surface area contributed by atoms with Gasteiger partial charge in [0.15, 0.2) is 0 Å². The standard InChI is InChI=1S/C10H8N2O4/c13-5-1-3-7(15)11-9(5)10-6(14)2-4-8(16)12-10/h1-4,13-14H,(H,11,15)(H,12,16). The minimum absolute atomic E-state index is 0.0253. The summed E-state index contributed by atoms with van der Waals surface area (Å²) in [4.78, 5) is 26.8. The molecule has 0 unspecified atom stereocenters. The monoisotopic (exact) mass is 220 g/mol. The van der Waals surface area contributed by atoms with Gasteiger partial charge in [-0.3, -0.25) is 9.59 Å². The SMILES string of the molecule is O=c1ccc(O)c(-c2[nH]c(=O)ccc2O)[nH]1. The van der Waals surface area contributed by atoms with Gasteiger partial charge in [-0.05, 0) is 12.1 Å². The summed E-state index contributed by atoms with van der Waals surface area (Å²) in [5.74, 6) is -0.478. The van der Waals surface area contributed by atoms with E-state index >= 15 is 0 Å². The van der Waals surface area contributed by atoms with Crippen molar-refractivity contribution in [2.75, 3.05) is 0 Å². The van der Waals surface area contributed by atoms with Crippen molar-refractivity contribution in [2.24, 2.45) is 0 Å². The molecule has 6 heteroatoms. The molecule has 0 amide bonds. The summed E-state index contributed by atoms with van der Waals surface area (Å²) < 4.78 is 0. The van der Waals surface area contributed by atoms with E-state index in [1.54, 1.807) is 0 Å². The van der Waals surface area contributed by atoms with Gasteiger partial charge in [0.1, 0.15) is 22.9 Å². The van der Waals surface area contributed by atoms with Gasteiger partial charge >= 0.3 is 0 Å². The summed E-state index contributed by atoms with van der Waals surface area (Å²) in [6.45, 7) is 0. The average Bonchev–Trinajstić information content (AvgIpc) is 2.25. The van der Waals surface area contributed by atoms with Crippen LogP contribution in [0.2, 0.25) is 0 Å². The first kappa shape index (κ1) is 10.0. The van der Waals surface area contributed by atoms with E-state index in [4.69, 9.17) is 0 Å². The molecule has 0 aromatic carbocycles. The maximum absolute atomic E-state index is 11.1. The van der Waals surface area contributed by atoms with E-state index in [2.05, 4.69) is 9.97 Å². The molecule has 0 bridgehead atoms.